The number of carbonyl (C=O) groups is 1. The molecule has 6 heteroatoms. The molecule has 3 saturated heterocycles. The number of nitrogens with one attached hydrogen (secondary N) is 2. The summed E-state index contributed by atoms with van der Waals surface area (Å²) in [7, 11) is 0. The Hall–Kier alpha value is -2.08. The minimum atomic E-state index is 0.114. The molecule has 26 heavy (non-hydrogen) atoms. The van der Waals surface area contributed by atoms with Gasteiger partial charge in [-0.25, -0.2) is 0 Å². The average Bonchev–Trinajstić information content (AvgIpc) is 3.24. The number of carbonyl (C=O) groups excluding carboxylic acids is 1. The van der Waals surface area contributed by atoms with E-state index in [0.717, 1.165) is 49.9 Å². The first-order valence-electron chi connectivity index (χ1n) is 9.91. The molecule has 2 bridgehead atoms. The molecule has 0 aliphatic carbocycles. The first-order chi connectivity index (χ1) is 12.7. The minimum absolute atomic E-state index is 0.114. The van der Waals surface area contributed by atoms with Crippen LogP contribution in [0, 0.1) is 5.92 Å². The van der Waals surface area contributed by atoms with Crippen LogP contribution in [0.2, 0.25) is 0 Å². The molecule has 0 saturated carbocycles. The van der Waals surface area contributed by atoms with Gasteiger partial charge in [0.1, 0.15) is 5.52 Å². The molecule has 2 aromatic rings. The summed E-state index contributed by atoms with van der Waals surface area (Å²) in [6.45, 7) is 1.64. The van der Waals surface area contributed by atoms with Gasteiger partial charge in [-0.1, -0.05) is 12.1 Å². The van der Waals surface area contributed by atoms with Gasteiger partial charge in [0.15, 0.2) is 5.58 Å². The van der Waals surface area contributed by atoms with E-state index in [0.29, 0.717) is 24.1 Å². The Kier molecular flexibility index (Phi) is 4.08. The van der Waals surface area contributed by atoms with Crippen molar-refractivity contribution in [3.8, 4) is 0 Å². The fourth-order valence-electron chi connectivity index (χ4n) is 4.82. The van der Waals surface area contributed by atoms with Crippen molar-refractivity contribution in [3.63, 3.8) is 0 Å². The number of hydrogen-bond acceptors (Lipinski definition) is 5. The van der Waals surface area contributed by atoms with Crippen LogP contribution < -0.4 is 15.5 Å². The third-order valence-electron chi connectivity index (χ3n) is 6.24. The Balaban J connectivity index is 1.17. The van der Waals surface area contributed by atoms with Crippen LogP contribution in [0.1, 0.15) is 38.5 Å². The second-order valence-electron chi connectivity index (χ2n) is 8.04. The predicted octanol–water partition coefficient (Wildman–Crippen LogP) is 2.44. The van der Waals surface area contributed by atoms with Gasteiger partial charge in [-0.05, 0) is 50.7 Å². The van der Waals surface area contributed by atoms with E-state index in [1.54, 1.807) is 0 Å². The third kappa shape index (κ3) is 3.07. The number of aromatic nitrogens is 1. The Morgan fingerprint density at radius 1 is 1.12 bits per heavy atom. The molecule has 1 aromatic carbocycles. The molecule has 3 fully saturated rings. The summed E-state index contributed by atoms with van der Waals surface area (Å²) in [5.41, 5.74) is 1.71. The number of oxazole rings is 1. The largest absolute Gasteiger partial charge is 0.423 e. The second kappa shape index (κ2) is 6.58. The van der Waals surface area contributed by atoms with Crippen molar-refractivity contribution >= 4 is 23.0 Å². The normalized spacial score (nSPS) is 29.2. The summed E-state index contributed by atoms with van der Waals surface area (Å²) in [6.07, 6.45) is 6.43. The lowest BCUT2D eigenvalue weighted by molar-refractivity contribution is -0.126. The van der Waals surface area contributed by atoms with Gasteiger partial charge in [-0.2, -0.15) is 4.98 Å². The van der Waals surface area contributed by atoms with E-state index in [1.807, 2.05) is 24.3 Å². The summed E-state index contributed by atoms with van der Waals surface area (Å²) < 4.78 is 5.86. The van der Waals surface area contributed by atoms with E-state index < -0.39 is 0 Å². The standard InChI is InChI=1S/C20H26N4O2/c25-19(22-16-11-14-5-6-15(12-16)21-14)13-7-9-24(10-8-13)20-23-17-3-1-2-4-18(17)26-20/h1-4,13-16,21H,5-12H2,(H,22,25). The molecule has 1 aromatic heterocycles. The van der Waals surface area contributed by atoms with Crippen LogP contribution in [0.4, 0.5) is 6.01 Å². The van der Waals surface area contributed by atoms with E-state index in [2.05, 4.69) is 20.5 Å². The summed E-state index contributed by atoms with van der Waals surface area (Å²) in [5.74, 6) is 0.358. The van der Waals surface area contributed by atoms with E-state index in [1.165, 1.54) is 12.8 Å². The topological polar surface area (TPSA) is 70.4 Å². The lowest BCUT2D eigenvalue weighted by atomic mass is 9.94. The van der Waals surface area contributed by atoms with Gasteiger partial charge < -0.3 is 20.0 Å². The molecule has 6 nitrogen and oxygen atoms in total. The number of amides is 1. The first kappa shape index (κ1) is 16.1. The molecule has 2 unspecified atom stereocenters. The predicted molar refractivity (Wildman–Crippen MR) is 100 cm³/mol. The maximum absolute atomic E-state index is 12.7. The monoisotopic (exact) mass is 354 g/mol. The Labute approximate surface area is 153 Å². The summed E-state index contributed by atoms with van der Waals surface area (Å²) in [6, 6.07) is 10.1. The number of nitrogens with zero attached hydrogens (tertiary/aromatic N) is 2. The maximum Gasteiger partial charge on any atom is 0.298 e. The van der Waals surface area contributed by atoms with E-state index in [9.17, 15) is 4.79 Å². The lowest BCUT2D eigenvalue weighted by Crippen LogP contribution is -2.50. The molecule has 4 heterocycles. The van der Waals surface area contributed by atoms with Crippen molar-refractivity contribution in [1.82, 2.24) is 15.6 Å². The van der Waals surface area contributed by atoms with Crippen molar-refractivity contribution < 1.29 is 9.21 Å². The number of piperidine rings is 2. The molecule has 1 amide bonds. The van der Waals surface area contributed by atoms with E-state index in [-0.39, 0.29) is 11.8 Å². The highest BCUT2D eigenvalue weighted by molar-refractivity contribution is 5.79. The SMILES string of the molecule is O=C(NC1CC2CCC(C1)N2)C1CCN(c2nc3ccccc3o2)CC1. The maximum atomic E-state index is 12.7. The number of fused-ring (bicyclic) bond motifs is 3. The van der Waals surface area contributed by atoms with Gasteiger partial charge in [0.05, 0.1) is 0 Å². The number of benzene rings is 1. The van der Waals surface area contributed by atoms with Crippen LogP contribution in [0.15, 0.2) is 28.7 Å². The van der Waals surface area contributed by atoms with Gasteiger partial charge in [-0.15, -0.1) is 0 Å². The lowest BCUT2D eigenvalue weighted by Gasteiger charge is -2.33. The van der Waals surface area contributed by atoms with Crippen molar-refractivity contribution in [1.29, 1.82) is 0 Å². The number of rotatable bonds is 3. The fraction of sp³-hybridized carbons (Fsp3) is 0.600. The van der Waals surface area contributed by atoms with Crippen molar-refractivity contribution in [2.45, 2.75) is 56.7 Å². The van der Waals surface area contributed by atoms with Gasteiger partial charge in [0.2, 0.25) is 5.91 Å². The molecule has 0 radical (unpaired) electrons. The third-order valence-corrected chi connectivity index (χ3v) is 6.24. The Morgan fingerprint density at radius 2 is 1.85 bits per heavy atom. The zero-order valence-electron chi connectivity index (χ0n) is 15.0. The Morgan fingerprint density at radius 3 is 2.58 bits per heavy atom. The quantitative estimate of drug-likeness (QED) is 0.886. The zero-order chi connectivity index (χ0) is 17.5. The molecule has 3 aliphatic rings. The molecule has 2 N–H and O–H groups in total. The second-order valence-corrected chi connectivity index (χ2v) is 8.04. The van der Waals surface area contributed by atoms with E-state index >= 15 is 0 Å². The highest BCUT2D eigenvalue weighted by atomic mass is 16.4. The molecule has 5 rings (SSSR count). The van der Waals surface area contributed by atoms with Gasteiger partial charge >= 0.3 is 0 Å². The highest BCUT2D eigenvalue weighted by Gasteiger charge is 2.35. The summed E-state index contributed by atoms with van der Waals surface area (Å²) in [4.78, 5) is 19.4. The molecular formula is C20H26N4O2. The molecule has 2 atom stereocenters. The van der Waals surface area contributed by atoms with Crippen LogP contribution in [-0.4, -0.2) is 42.1 Å². The number of para-hydroxylation sites is 2. The average molecular weight is 354 g/mol. The smallest absolute Gasteiger partial charge is 0.298 e. The van der Waals surface area contributed by atoms with Gasteiger partial charge in [0, 0.05) is 37.1 Å². The van der Waals surface area contributed by atoms with Crippen molar-refractivity contribution in [2.24, 2.45) is 5.92 Å². The fourth-order valence-corrected chi connectivity index (χ4v) is 4.82. The zero-order valence-corrected chi connectivity index (χ0v) is 15.0. The van der Waals surface area contributed by atoms with Crippen LogP contribution >= 0.6 is 0 Å². The highest BCUT2D eigenvalue weighted by Crippen LogP contribution is 2.29. The Bertz CT molecular complexity index is 751. The van der Waals surface area contributed by atoms with Crippen molar-refractivity contribution in [3.05, 3.63) is 24.3 Å². The molecule has 3 aliphatic heterocycles. The van der Waals surface area contributed by atoms with Crippen molar-refractivity contribution in [2.75, 3.05) is 18.0 Å². The van der Waals surface area contributed by atoms with Crippen LogP contribution in [0.3, 0.4) is 0 Å². The number of hydrogen-bond donors (Lipinski definition) is 2. The van der Waals surface area contributed by atoms with Gasteiger partial charge in [-0.3, -0.25) is 4.79 Å². The summed E-state index contributed by atoms with van der Waals surface area (Å²) >= 11 is 0. The minimum Gasteiger partial charge on any atom is -0.423 e. The molecule has 138 valence electrons. The van der Waals surface area contributed by atoms with Crippen LogP contribution in [0.5, 0.6) is 0 Å². The van der Waals surface area contributed by atoms with Gasteiger partial charge in [0.25, 0.3) is 6.01 Å². The van der Waals surface area contributed by atoms with E-state index in [4.69, 9.17) is 4.42 Å². The number of anilines is 1. The summed E-state index contributed by atoms with van der Waals surface area (Å²) in [5, 5.41) is 6.96. The van der Waals surface area contributed by atoms with Crippen LogP contribution in [-0.2, 0) is 4.79 Å². The molecule has 0 spiro atoms. The van der Waals surface area contributed by atoms with Crippen LogP contribution in [0.25, 0.3) is 11.1 Å². The molecular weight excluding hydrogens is 328 g/mol. The first-order valence-corrected chi connectivity index (χ1v) is 9.91.